The van der Waals surface area contributed by atoms with Crippen molar-refractivity contribution < 1.29 is 9.18 Å². The van der Waals surface area contributed by atoms with Gasteiger partial charge in [0.15, 0.2) is 5.82 Å². The van der Waals surface area contributed by atoms with Crippen molar-refractivity contribution >= 4 is 22.5 Å². The summed E-state index contributed by atoms with van der Waals surface area (Å²) in [6, 6.07) is 18.6. The molecule has 0 unspecified atom stereocenters. The van der Waals surface area contributed by atoms with Crippen molar-refractivity contribution in [2.45, 2.75) is 0 Å². The van der Waals surface area contributed by atoms with E-state index in [2.05, 4.69) is 30.7 Å². The lowest BCUT2D eigenvalue weighted by Crippen LogP contribution is -2.11. The number of carbonyl (C=O) groups is 1. The highest BCUT2D eigenvalue weighted by atomic mass is 19.1. The minimum Gasteiger partial charge on any atom is -0.322 e. The fraction of sp³-hybridized carbons (Fsp3) is 0. The second kappa shape index (κ2) is 7.25. The van der Waals surface area contributed by atoms with Crippen LogP contribution in [0.4, 0.5) is 10.1 Å². The van der Waals surface area contributed by atoms with Crippen LogP contribution >= 0.6 is 0 Å². The van der Waals surface area contributed by atoms with E-state index in [-0.39, 0.29) is 11.7 Å². The molecular weight excluding hydrogens is 383 g/mol. The molecule has 3 N–H and O–H groups in total. The smallest absolute Gasteiger partial charge is 0.255 e. The molecule has 7 nitrogen and oxygen atoms in total. The zero-order valence-electron chi connectivity index (χ0n) is 15.6. The van der Waals surface area contributed by atoms with E-state index in [0.717, 1.165) is 27.7 Å². The average molecular weight is 398 g/mol. The Morgan fingerprint density at radius 3 is 2.60 bits per heavy atom. The summed E-state index contributed by atoms with van der Waals surface area (Å²) in [7, 11) is 0. The van der Waals surface area contributed by atoms with Crippen LogP contribution < -0.4 is 5.32 Å². The molecule has 146 valence electrons. The fourth-order valence-electron chi connectivity index (χ4n) is 3.27. The van der Waals surface area contributed by atoms with Gasteiger partial charge < -0.3 is 5.32 Å². The summed E-state index contributed by atoms with van der Waals surface area (Å²) in [6.07, 6.45) is 1.53. The molecule has 5 aromatic rings. The number of rotatable bonds is 4. The van der Waals surface area contributed by atoms with Crippen molar-refractivity contribution in [2.24, 2.45) is 0 Å². The number of hydrogen-bond donors (Lipinski definition) is 3. The summed E-state index contributed by atoms with van der Waals surface area (Å²) in [6.45, 7) is 0. The van der Waals surface area contributed by atoms with Crippen molar-refractivity contribution in [1.29, 1.82) is 0 Å². The standard InChI is InChI=1S/C22H15FN6O/c23-16-5-7-17(8-6-16)26-22(30)15-3-1-2-13(10-15)20-18-11-14(21-24-12-25-29-21)4-9-19(18)27-28-20/h1-12H,(H,26,30)(H,27,28)(H,24,25,29). The van der Waals surface area contributed by atoms with Crippen molar-refractivity contribution in [1.82, 2.24) is 25.4 Å². The predicted molar refractivity (Wildman–Crippen MR) is 111 cm³/mol. The van der Waals surface area contributed by atoms with Crippen LogP contribution in [0.2, 0.25) is 0 Å². The van der Waals surface area contributed by atoms with Crippen molar-refractivity contribution in [3.05, 3.63) is 84.4 Å². The largest absolute Gasteiger partial charge is 0.322 e. The monoisotopic (exact) mass is 398 g/mol. The van der Waals surface area contributed by atoms with Gasteiger partial charge in [0.05, 0.1) is 11.2 Å². The fourth-order valence-corrected chi connectivity index (χ4v) is 3.27. The van der Waals surface area contributed by atoms with Crippen molar-refractivity contribution in [2.75, 3.05) is 5.32 Å². The van der Waals surface area contributed by atoms with E-state index in [1.807, 2.05) is 24.3 Å². The molecule has 0 radical (unpaired) electrons. The number of benzene rings is 3. The summed E-state index contributed by atoms with van der Waals surface area (Å²) in [4.78, 5) is 16.8. The lowest BCUT2D eigenvalue weighted by molar-refractivity contribution is 0.102. The van der Waals surface area contributed by atoms with E-state index < -0.39 is 0 Å². The van der Waals surface area contributed by atoms with Gasteiger partial charge in [-0.05, 0) is 54.6 Å². The normalized spacial score (nSPS) is 11.0. The molecule has 0 spiro atoms. The first-order chi connectivity index (χ1) is 14.7. The Kier molecular flexibility index (Phi) is 4.29. The third kappa shape index (κ3) is 3.30. The number of fused-ring (bicyclic) bond motifs is 1. The number of anilines is 1. The van der Waals surface area contributed by atoms with Crippen LogP contribution in [0.25, 0.3) is 33.5 Å². The zero-order chi connectivity index (χ0) is 20.5. The Bertz CT molecular complexity index is 1340. The van der Waals surface area contributed by atoms with Gasteiger partial charge in [0.25, 0.3) is 5.91 Å². The van der Waals surface area contributed by atoms with Gasteiger partial charge in [-0.3, -0.25) is 15.0 Å². The molecular formula is C22H15FN6O. The number of H-pyrrole nitrogens is 2. The van der Waals surface area contributed by atoms with E-state index in [9.17, 15) is 9.18 Å². The van der Waals surface area contributed by atoms with E-state index in [1.165, 1.54) is 30.6 Å². The Labute approximate surface area is 170 Å². The van der Waals surface area contributed by atoms with Gasteiger partial charge in [0.2, 0.25) is 0 Å². The molecule has 0 aliphatic heterocycles. The highest BCUT2D eigenvalue weighted by molar-refractivity contribution is 6.05. The third-order valence-electron chi connectivity index (χ3n) is 4.74. The van der Waals surface area contributed by atoms with E-state index in [0.29, 0.717) is 17.1 Å². The van der Waals surface area contributed by atoms with Gasteiger partial charge in [-0.25, -0.2) is 9.37 Å². The number of nitrogens with zero attached hydrogens (tertiary/aromatic N) is 3. The molecule has 0 aliphatic carbocycles. The Morgan fingerprint density at radius 2 is 1.80 bits per heavy atom. The highest BCUT2D eigenvalue weighted by Crippen LogP contribution is 2.30. The number of halogens is 1. The lowest BCUT2D eigenvalue weighted by atomic mass is 10.0. The Morgan fingerprint density at radius 1 is 0.933 bits per heavy atom. The van der Waals surface area contributed by atoms with Gasteiger partial charge in [-0.2, -0.15) is 10.2 Å². The Balaban J connectivity index is 1.49. The maximum atomic E-state index is 13.1. The summed E-state index contributed by atoms with van der Waals surface area (Å²) in [5.41, 5.74) is 4.23. The molecule has 0 fully saturated rings. The Hall–Kier alpha value is -4.33. The predicted octanol–water partition coefficient (Wildman–Crippen LogP) is 4.41. The van der Waals surface area contributed by atoms with Gasteiger partial charge in [-0.15, -0.1) is 0 Å². The van der Waals surface area contributed by atoms with Crippen LogP contribution in [-0.2, 0) is 0 Å². The van der Waals surface area contributed by atoms with Crippen LogP contribution in [0.3, 0.4) is 0 Å². The number of carbonyl (C=O) groups excluding carboxylic acids is 1. The quantitative estimate of drug-likeness (QED) is 0.418. The number of amides is 1. The second-order valence-corrected chi connectivity index (χ2v) is 6.70. The molecule has 2 aromatic heterocycles. The average Bonchev–Trinajstić information content (AvgIpc) is 3.45. The zero-order valence-corrected chi connectivity index (χ0v) is 15.6. The minimum absolute atomic E-state index is 0.287. The molecule has 30 heavy (non-hydrogen) atoms. The van der Waals surface area contributed by atoms with Gasteiger partial charge in [0.1, 0.15) is 12.1 Å². The molecule has 3 aromatic carbocycles. The van der Waals surface area contributed by atoms with Crippen LogP contribution in [-0.4, -0.2) is 31.3 Å². The van der Waals surface area contributed by atoms with Crippen LogP contribution in [0.15, 0.2) is 73.1 Å². The van der Waals surface area contributed by atoms with E-state index >= 15 is 0 Å². The number of hydrogen-bond acceptors (Lipinski definition) is 4. The summed E-state index contributed by atoms with van der Waals surface area (Å²) < 4.78 is 13.1. The summed E-state index contributed by atoms with van der Waals surface area (Å²) in [5, 5.41) is 17.9. The number of nitrogens with one attached hydrogen (secondary N) is 3. The first kappa shape index (κ1) is 17.7. The molecule has 2 heterocycles. The molecule has 0 bridgehead atoms. The van der Waals surface area contributed by atoms with E-state index in [1.54, 1.807) is 18.2 Å². The molecule has 0 saturated heterocycles. The van der Waals surface area contributed by atoms with Crippen molar-refractivity contribution in [3.63, 3.8) is 0 Å². The lowest BCUT2D eigenvalue weighted by Gasteiger charge is -2.07. The summed E-state index contributed by atoms with van der Waals surface area (Å²) in [5.74, 6) is -0.0500. The molecule has 8 heteroatoms. The topological polar surface area (TPSA) is 99.4 Å². The number of aromatic nitrogens is 5. The maximum Gasteiger partial charge on any atom is 0.255 e. The SMILES string of the molecule is O=C(Nc1ccc(F)cc1)c1cccc(-c2n[nH]c3ccc(-c4nc[nH]n4)cc23)c1. The van der Waals surface area contributed by atoms with Gasteiger partial charge in [0, 0.05) is 27.8 Å². The minimum atomic E-state index is -0.357. The molecule has 0 atom stereocenters. The van der Waals surface area contributed by atoms with Crippen molar-refractivity contribution in [3.8, 4) is 22.6 Å². The van der Waals surface area contributed by atoms with E-state index in [4.69, 9.17) is 0 Å². The maximum absolute atomic E-state index is 13.1. The third-order valence-corrected chi connectivity index (χ3v) is 4.74. The molecule has 5 rings (SSSR count). The number of aromatic amines is 2. The second-order valence-electron chi connectivity index (χ2n) is 6.70. The summed E-state index contributed by atoms with van der Waals surface area (Å²) >= 11 is 0. The first-order valence-electron chi connectivity index (χ1n) is 9.19. The van der Waals surface area contributed by atoms with Crippen LogP contribution in [0.5, 0.6) is 0 Å². The molecule has 0 aliphatic rings. The van der Waals surface area contributed by atoms with Gasteiger partial charge in [-0.1, -0.05) is 12.1 Å². The van der Waals surface area contributed by atoms with Gasteiger partial charge >= 0.3 is 0 Å². The van der Waals surface area contributed by atoms with Crippen LogP contribution in [0, 0.1) is 5.82 Å². The highest BCUT2D eigenvalue weighted by Gasteiger charge is 2.13. The van der Waals surface area contributed by atoms with Crippen LogP contribution in [0.1, 0.15) is 10.4 Å². The first-order valence-corrected chi connectivity index (χ1v) is 9.19. The molecule has 1 amide bonds. The molecule has 0 saturated carbocycles.